The van der Waals surface area contributed by atoms with Gasteiger partial charge in [0.1, 0.15) is 6.61 Å². The van der Waals surface area contributed by atoms with Gasteiger partial charge in [0.05, 0.1) is 25.6 Å². The minimum Gasteiger partial charge on any atom is -0.493 e. The Kier molecular flexibility index (Phi) is 7.90. The normalized spacial score (nSPS) is 10.7. The maximum atomic E-state index is 12.9. The van der Waals surface area contributed by atoms with Gasteiger partial charge in [-0.15, -0.1) is 0 Å². The van der Waals surface area contributed by atoms with Gasteiger partial charge in [0.15, 0.2) is 11.5 Å². The fourth-order valence-electron chi connectivity index (χ4n) is 4.00. The molecule has 0 atom stereocenters. The number of rotatable bonds is 10. The minimum absolute atomic E-state index is 0.208. The molecule has 1 N–H and O–H groups in total. The van der Waals surface area contributed by atoms with Crippen LogP contribution in [-0.2, 0) is 13.0 Å². The van der Waals surface area contributed by atoms with Crippen molar-refractivity contribution >= 4 is 5.91 Å². The van der Waals surface area contributed by atoms with Crippen LogP contribution < -0.4 is 19.5 Å². The Hall–Kier alpha value is -4.26. The average molecular weight is 486 g/mol. The lowest BCUT2D eigenvalue weighted by molar-refractivity contribution is 0.0953. The summed E-state index contributed by atoms with van der Waals surface area (Å²) in [5.74, 6) is 1.13. The van der Waals surface area contributed by atoms with Crippen molar-refractivity contribution in [1.29, 1.82) is 0 Å². The van der Waals surface area contributed by atoms with Crippen molar-refractivity contribution in [3.8, 4) is 22.9 Å². The quantitative estimate of drug-likeness (QED) is 0.340. The van der Waals surface area contributed by atoms with Gasteiger partial charge in [-0.2, -0.15) is 5.10 Å². The van der Waals surface area contributed by atoms with Crippen molar-refractivity contribution in [3.63, 3.8) is 0 Å². The molecule has 0 radical (unpaired) electrons. The Morgan fingerprint density at radius 2 is 1.56 bits per heavy atom. The number of hydrogen-bond acceptors (Lipinski definition) is 5. The monoisotopic (exact) mass is 485 g/mol. The van der Waals surface area contributed by atoms with Crippen LogP contribution in [0.15, 0.2) is 72.8 Å². The van der Waals surface area contributed by atoms with Gasteiger partial charge >= 0.3 is 0 Å². The fraction of sp³-hybridized carbons (Fsp3) is 0.241. The molecule has 3 aromatic carbocycles. The Morgan fingerprint density at radius 3 is 2.14 bits per heavy atom. The molecule has 186 valence electrons. The maximum Gasteiger partial charge on any atom is 0.251 e. The van der Waals surface area contributed by atoms with Crippen LogP contribution in [0.3, 0.4) is 0 Å². The largest absolute Gasteiger partial charge is 0.493 e. The van der Waals surface area contributed by atoms with E-state index in [1.54, 1.807) is 26.4 Å². The number of amides is 1. The van der Waals surface area contributed by atoms with Gasteiger partial charge in [-0.05, 0) is 61.7 Å². The molecule has 0 unspecified atom stereocenters. The average Bonchev–Trinajstić information content (AvgIpc) is 3.25. The smallest absolute Gasteiger partial charge is 0.251 e. The Balaban J connectivity index is 1.38. The second-order valence-electron chi connectivity index (χ2n) is 8.50. The summed E-state index contributed by atoms with van der Waals surface area (Å²) in [5, 5.41) is 7.50. The van der Waals surface area contributed by atoms with Crippen molar-refractivity contribution in [2.24, 2.45) is 0 Å². The molecular weight excluding hydrogens is 454 g/mol. The van der Waals surface area contributed by atoms with Crippen molar-refractivity contribution in [1.82, 2.24) is 15.1 Å². The summed E-state index contributed by atoms with van der Waals surface area (Å²) in [5.41, 5.74) is 5.68. The zero-order valence-corrected chi connectivity index (χ0v) is 21.1. The van der Waals surface area contributed by atoms with E-state index in [9.17, 15) is 4.79 Å². The molecule has 0 saturated heterocycles. The highest BCUT2D eigenvalue weighted by Gasteiger charge is 2.18. The highest BCUT2D eigenvalue weighted by Crippen LogP contribution is 2.39. The zero-order chi connectivity index (χ0) is 25.5. The van der Waals surface area contributed by atoms with E-state index in [0.29, 0.717) is 42.4 Å². The molecule has 1 heterocycles. The van der Waals surface area contributed by atoms with Crippen molar-refractivity contribution < 1.29 is 19.0 Å². The SMILES string of the molecule is COc1cc(C(=O)NCCc2ccc(-n3nc(C)cc3C)cc2)cc(OC)c1OCc1ccccc1. The van der Waals surface area contributed by atoms with E-state index >= 15 is 0 Å². The van der Waals surface area contributed by atoms with Crippen molar-refractivity contribution in [3.05, 3.63) is 101 Å². The van der Waals surface area contributed by atoms with Crippen LogP contribution in [-0.4, -0.2) is 36.5 Å². The summed E-state index contributed by atoms with van der Waals surface area (Å²) in [6.45, 7) is 4.87. The van der Waals surface area contributed by atoms with Gasteiger partial charge in [-0.3, -0.25) is 4.79 Å². The number of carbonyl (C=O) groups is 1. The van der Waals surface area contributed by atoms with Gasteiger partial charge < -0.3 is 19.5 Å². The predicted octanol–water partition coefficient (Wildman–Crippen LogP) is 5.06. The summed E-state index contributed by atoms with van der Waals surface area (Å²) in [4.78, 5) is 12.9. The molecule has 0 aliphatic carbocycles. The number of hydrogen-bond donors (Lipinski definition) is 1. The first kappa shape index (κ1) is 24.9. The molecule has 0 aliphatic heterocycles. The van der Waals surface area contributed by atoms with Crippen LogP contribution in [0, 0.1) is 13.8 Å². The summed E-state index contributed by atoms with van der Waals surface area (Å²) < 4.78 is 18.9. The van der Waals surface area contributed by atoms with Crippen LogP contribution in [0.25, 0.3) is 5.69 Å². The predicted molar refractivity (Wildman–Crippen MR) is 139 cm³/mol. The Bertz CT molecular complexity index is 1290. The van der Waals surface area contributed by atoms with Crippen LogP contribution in [0.1, 0.15) is 32.9 Å². The van der Waals surface area contributed by atoms with Crippen molar-refractivity contribution in [2.75, 3.05) is 20.8 Å². The molecule has 36 heavy (non-hydrogen) atoms. The van der Waals surface area contributed by atoms with Crippen LogP contribution in [0.5, 0.6) is 17.2 Å². The Morgan fingerprint density at radius 1 is 0.889 bits per heavy atom. The van der Waals surface area contributed by atoms with E-state index in [-0.39, 0.29) is 5.91 Å². The van der Waals surface area contributed by atoms with E-state index in [4.69, 9.17) is 14.2 Å². The summed E-state index contributed by atoms with van der Waals surface area (Å²) >= 11 is 0. The molecule has 1 amide bonds. The molecule has 1 aromatic heterocycles. The molecule has 0 spiro atoms. The van der Waals surface area contributed by atoms with Gasteiger partial charge in [0.25, 0.3) is 5.91 Å². The fourth-order valence-corrected chi connectivity index (χ4v) is 4.00. The van der Waals surface area contributed by atoms with Gasteiger partial charge in [0, 0.05) is 17.8 Å². The molecule has 0 aliphatic rings. The third-order valence-electron chi connectivity index (χ3n) is 5.84. The number of nitrogens with zero attached hydrogens (tertiary/aromatic N) is 2. The van der Waals surface area contributed by atoms with Crippen LogP contribution in [0.2, 0.25) is 0 Å². The van der Waals surface area contributed by atoms with Crippen LogP contribution in [0.4, 0.5) is 0 Å². The second kappa shape index (κ2) is 11.4. The molecule has 7 heteroatoms. The molecule has 0 bridgehead atoms. The number of carbonyl (C=O) groups excluding carboxylic acids is 1. The zero-order valence-electron chi connectivity index (χ0n) is 21.1. The lowest BCUT2D eigenvalue weighted by Gasteiger charge is -2.16. The number of methoxy groups -OCH3 is 2. The second-order valence-corrected chi connectivity index (χ2v) is 8.50. The first-order valence-electron chi connectivity index (χ1n) is 11.8. The van der Waals surface area contributed by atoms with E-state index in [1.807, 2.05) is 61.0 Å². The van der Waals surface area contributed by atoms with Gasteiger partial charge in [-0.1, -0.05) is 42.5 Å². The number of nitrogens with one attached hydrogen (secondary N) is 1. The maximum absolute atomic E-state index is 12.9. The lowest BCUT2D eigenvalue weighted by atomic mass is 10.1. The summed E-state index contributed by atoms with van der Waals surface area (Å²) in [6.07, 6.45) is 0.704. The number of aromatic nitrogens is 2. The van der Waals surface area contributed by atoms with E-state index in [0.717, 1.165) is 28.2 Å². The topological polar surface area (TPSA) is 74.6 Å². The number of benzene rings is 3. The number of aryl methyl sites for hydroxylation is 2. The summed E-state index contributed by atoms with van der Waals surface area (Å²) in [7, 11) is 3.09. The molecule has 0 fully saturated rings. The van der Waals surface area contributed by atoms with Crippen LogP contribution >= 0.6 is 0 Å². The summed E-state index contributed by atoms with van der Waals surface area (Å²) in [6, 6.07) is 23.4. The third-order valence-corrected chi connectivity index (χ3v) is 5.84. The Labute approximate surface area is 211 Å². The molecule has 7 nitrogen and oxygen atoms in total. The van der Waals surface area contributed by atoms with E-state index in [2.05, 4.69) is 28.6 Å². The minimum atomic E-state index is -0.208. The van der Waals surface area contributed by atoms with Gasteiger partial charge in [0.2, 0.25) is 5.75 Å². The first-order valence-corrected chi connectivity index (χ1v) is 11.8. The standard InChI is InChI=1S/C29H31N3O4/c1-20-16-21(2)32(31-20)25-12-10-22(11-13-25)14-15-30-29(33)24-17-26(34-3)28(27(18-24)35-4)36-19-23-8-6-5-7-9-23/h5-13,16-18H,14-15,19H2,1-4H3,(H,30,33). The first-order chi connectivity index (χ1) is 17.5. The molecular formula is C29H31N3O4. The van der Waals surface area contributed by atoms with E-state index < -0.39 is 0 Å². The van der Waals surface area contributed by atoms with E-state index in [1.165, 1.54) is 0 Å². The number of ether oxygens (including phenoxy) is 3. The molecule has 4 aromatic rings. The molecule has 4 rings (SSSR count). The van der Waals surface area contributed by atoms with Crippen molar-refractivity contribution in [2.45, 2.75) is 26.9 Å². The highest BCUT2D eigenvalue weighted by atomic mass is 16.5. The highest BCUT2D eigenvalue weighted by molar-refractivity contribution is 5.95. The third kappa shape index (κ3) is 5.86. The molecule has 0 saturated carbocycles. The lowest BCUT2D eigenvalue weighted by Crippen LogP contribution is -2.25. The van der Waals surface area contributed by atoms with Gasteiger partial charge in [-0.25, -0.2) is 4.68 Å².